The number of nitro groups is 1. The topological polar surface area (TPSA) is 81.2 Å². The zero-order valence-corrected chi connectivity index (χ0v) is 11.4. The van der Waals surface area contributed by atoms with E-state index >= 15 is 0 Å². The lowest BCUT2D eigenvalue weighted by molar-refractivity contribution is -0.384. The molecule has 5 nitrogen and oxygen atoms in total. The molecule has 0 fully saturated rings. The molecule has 20 heavy (non-hydrogen) atoms. The molecule has 3 N–H and O–H groups in total. The number of benzene rings is 2. The molecule has 2 aromatic carbocycles. The Hall–Kier alpha value is -2.05. The first kappa shape index (κ1) is 14.4. The van der Waals surface area contributed by atoms with E-state index in [4.69, 9.17) is 28.9 Å². The predicted octanol–water partition coefficient (Wildman–Crippen LogP) is 4.37. The summed E-state index contributed by atoms with van der Waals surface area (Å²) >= 11 is 11.3. The molecule has 8 heteroatoms. The van der Waals surface area contributed by atoms with Gasteiger partial charge in [-0.1, -0.05) is 23.2 Å². The fourth-order valence-electron chi connectivity index (χ4n) is 1.61. The van der Waals surface area contributed by atoms with Crippen molar-refractivity contribution >= 4 is 46.0 Å². The number of nitrogens with one attached hydrogen (secondary N) is 1. The van der Waals surface area contributed by atoms with E-state index in [0.29, 0.717) is 11.4 Å². The highest BCUT2D eigenvalue weighted by Crippen LogP contribution is 2.30. The van der Waals surface area contributed by atoms with Crippen molar-refractivity contribution in [3.05, 3.63) is 56.3 Å². The average Bonchev–Trinajstić information content (AvgIpc) is 2.35. The predicted molar refractivity (Wildman–Crippen MR) is 77.2 cm³/mol. The van der Waals surface area contributed by atoms with Crippen LogP contribution in [0.5, 0.6) is 0 Å². The van der Waals surface area contributed by atoms with Gasteiger partial charge in [0.05, 0.1) is 15.0 Å². The van der Waals surface area contributed by atoms with Gasteiger partial charge < -0.3 is 11.1 Å². The third-order valence-electron chi connectivity index (χ3n) is 2.42. The SMILES string of the molecule is Nc1cc(Nc2cc(Cl)c(F)c(Cl)c2)cc([N+](=O)[O-])c1. The Labute approximate surface area is 123 Å². The van der Waals surface area contributed by atoms with Crippen LogP contribution < -0.4 is 11.1 Å². The van der Waals surface area contributed by atoms with E-state index in [-0.39, 0.29) is 21.4 Å². The van der Waals surface area contributed by atoms with Crippen molar-refractivity contribution in [3.63, 3.8) is 0 Å². The van der Waals surface area contributed by atoms with Crippen LogP contribution in [0.1, 0.15) is 0 Å². The second kappa shape index (κ2) is 5.52. The minimum Gasteiger partial charge on any atom is -0.398 e. The quantitative estimate of drug-likeness (QED) is 0.381. The summed E-state index contributed by atoms with van der Waals surface area (Å²) in [7, 11) is 0. The van der Waals surface area contributed by atoms with E-state index < -0.39 is 10.7 Å². The molecule has 0 aliphatic rings. The van der Waals surface area contributed by atoms with Crippen molar-refractivity contribution in [1.82, 2.24) is 0 Å². The van der Waals surface area contributed by atoms with Crippen LogP contribution >= 0.6 is 23.2 Å². The molecule has 2 rings (SSSR count). The first-order chi connectivity index (χ1) is 9.36. The van der Waals surface area contributed by atoms with Gasteiger partial charge in [0.1, 0.15) is 0 Å². The highest BCUT2D eigenvalue weighted by Gasteiger charge is 2.11. The van der Waals surface area contributed by atoms with Crippen LogP contribution in [0, 0.1) is 15.9 Å². The number of hydrogen-bond donors (Lipinski definition) is 2. The van der Waals surface area contributed by atoms with Gasteiger partial charge in [-0.05, 0) is 18.2 Å². The maximum atomic E-state index is 13.3. The first-order valence-electron chi connectivity index (χ1n) is 5.33. The number of nitrogen functional groups attached to an aromatic ring is 1. The molecule has 0 aliphatic carbocycles. The van der Waals surface area contributed by atoms with Crippen LogP contribution in [0.25, 0.3) is 0 Å². The molecule has 2 aromatic rings. The summed E-state index contributed by atoms with van der Waals surface area (Å²) in [6.07, 6.45) is 0. The Kier molecular flexibility index (Phi) is 3.96. The zero-order chi connectivity index (χ0) is 14.9. The Morgan fingerprint density at radius 2 is 1.65 bits per heavy atom. The van der Waals surface area contributed by atoms with Crippen molar-refractivity contribution in [3.8, 4) is 0 Å². The molecular formula is C12H8Cl2FN3O2. The van der Waals surface area contributed by atoms with Gasteiger partial charge in [-0.2, -0.15) is 0 Å². The summed E-state index contributed by atoms with van der Waals surface area (Å²) in [6.45, 7) is 0. The minimum atomic E-state index is -0.725. The van der Waals surface area contributed by atoms with E-state index in [9.17, 15) is 14.5 Å². The second-order valence-corrected chi connectivity index (χ2v) is 4.76. The third kappa shape index (κ3) is 3.09. The summed E-state index contributed by atoms with van der Waals surface area (Å²) in [5.74, 6) is -0.725. The van der Waals surface area contributed by atoms with Crippen LogP contribution in [0.2, 0.25) is 10.0 Å². The fraction of sp³-hybridized carbons (Fsp3) is 0. The number of nitrogens with zero attached hydrogens (tertiary/aromatic N) is 1. The van der Waals surface area contributed by atoms with Crippen molar-refractivity contribution < 1.29 is 9.31 Å². The number of nitrogens with two attached hydrogens (primary N) is 1. The second-order valence-electron chi connectivity index (χ2n) is 3.95. The third-order valence-corrected chi connectivity index (χ3v) is 2.97. The van der Waals surface area contributed by atoms with Crippen molar-refractivity contribution in [1.29, 1.82) is 0 Å². The van der Waals surface area contributed by atoms with E-state index in [0.717, 1.165) is 0 Å². The highest BCUT2D eigenvalue weighted by atomic mass is 35.5. The average molecular weight is 316 g/mol. The van der Waals surface area contributed by atoms with Gasteiger partial charge in [0.2, 0.25) is 0 Å². The van der Waals surface area contributed by atoms with Crippen LogP contribution in [0.15, 0.2) is 30.3 Å². The normalized spacial score (nSPS) is 10.3. The first-order valence-corrected chi connectivity index (χ1v) is 6.09. The molecule has 0 amide bonds. The molecule has 0 saturated carbocycles. The summed E-state index contributed by atoms with van der Waals surface area (Å²) in [5.41, 5.74) is 6.40. The Morgan fingerprint density at radius 3 is 2.20 bits per heavy atom. The van der Waals surface area contributed by atoms with Gasteiger partial charge in [-0.25, -0.2) is 4.39 Å². The van der Waals surface area contributed by atoms with E-state index in [1.54, 1.807) is 0 Å². The fourth-order valence-corrected chi connectivity index (χ4v) is 2.09. The van der Waals surface area contributed by atoms with Crippen LogP contribution in [0.4, 0.5) is 27.1 Å². The number of halogens is 3. The molecule has 104 valence electrons. The standard InChI is InChI=1S/C12H8Cl2FN3O2/c13-10-4-8(5-11(14)12(10)15)17-7-1-6(16)2-9(3-7)18(19)20/h1-5,17H,16H2. The van der Waals surface area contributed by atoms with Gasteiger partial charge in [-0.3, -0.25) is 10.1 Å². The van der Waals surface area contributed by atoms with Gasteiger partial charge in [-0.15, -0.1) is 0 Å². The summed E-state index contributed by atoms with van der Waals surface area (Å²) in [5, 5.41) is 13.3. The molecule has 0 bridgehead atoms. The molecule has 0 heterocycles. The molecule has 0 spiro atoms. The lowest BCUT2D eigenvalue weighted by atomic mass is 10.2. The number of nitro benzene ring substituents is 1. The number of anilines is 3. The summed E-state index contributed by atoms with van der Waals surface area (Å²) in [4.78, 5) is 10.2. The molecule has 0 aliphatic heterocycles. The lowest BCUT2D eigenvalue weighted by Gasteiger charge is -2.09. The Morgan fingerprint density at radius 1 is 1.10 bits per heavy atom. The summed E-state index contributed by atoms with van der Waals surface area (Å²) in [6, 6.07) is 6.66. The smallest absolute Gasteiger partial charge is 0.273 e. The number of hydrogen-bond acceptors (Lipinski definition) is 4. The van der Waals surface area contributed by atoms with Crippen LogP contribution in [-0.2, 0) is 0 Å². The van der Waals surface area contributed by atoms with E-state index in [1.165, 1.54) is 30.3 Å². The Bertz CT molecular complexity index is 671. The van der Waals surface area contributed by atoms with Crippen LogP contribution in [0.3, 0.4) is 0 Å². The molecular weight excluding hydrogens is 308 g/mol. The highest BCUT2D eigenvalue weighted by molar-refractivity contribution is 6.35. The Balaban J connectivity index is 2.37. The maximum absolute atomic E-state index is 13.3. The minimum absolute atomic E-state index is 0.154. The van der Waals surface area contributed by atoms with Crippen molar-refractivity contribution in [2.45, 2.75) is 0 Å². The monoisotopic (exact) mass is 315 g/mol. The molecule has 0 aromatic heterocycles. The van der Waals surface area contributed by atoms with Gasteiger partial charge in [0, 0.05) is 29.2 Å². The lowest BCUT2D eigenvalue weighted by Crippen LogP contribution is -1.96. The zero-order valence-electron chi connectivity index (χ0n) is 9.86. The molecule has 0 atom stereocenters. The summed E-state index contributed by atoms with van der Waals surface area (Å²) < 4.78 is 13.3. The largest absolute Gasteiger partial charge is 0.398 e. The van der Waals surface area contributed by atoms with Crippen molar-refractivity contribution in [2.75, 3.05) is 11.1 Å². The van der Waals surface area contributed by atoms with E-state index in [2.05, 4.69) is 5.32 Å². The molecule has 0 unspecified atom stereocenters. The molecule has 0 radical (unpaired) electrons. The number of rotatable bonds is 3. The van der Waals surface area contributed by atoms with Crippen LogP contribution in [-0.4, -0.2) is 4.92 Å². The molecule has 0 saturated heterocycles. The van der Waals surface area contributed by atoms with Gasteiger partial charge in [0.25, 0.3) is 5.69 Å². The van der Waals surface area contributed by atoms with Gasteiger partial charge in [0.15, 0.2) is 5.82 Å². The van der Waals surface area contributed by atoms with Crippen molar-refractivity contribution in [2.24, 2.45) is 0 Å². The van der Waals surface area contributed by atoms with Gasteiger partial charge >= 0.3 is 0 Å². The maximum Gasteiger partial charge on any atom is 0.273 e. The van der Waals surface area contributed by atoms with E-state index in [1.807, 2.05) is 0 Å². The number of non-ortho nitro benzene ring substituents is 1.